The fraction of sp³-hybridized carbons (Fsp3) is 0.619. The summed E-state index contributed by atoms with van der Waals surface area (Å²) in [6.07, 6.45) is 3.43. The van der Waals surface area contributed by atoms with Crippen molar-refractivity contribution in [2.45, 2.75) is 77.7 Å². The van der Waals surface area contributed by atoms with Crippen LogP contribution in [0.1, 0.15) is 53.4 Å². The summed E-state index contributed by atoms with van der Waals surface area (Å²) in [5, 5.41) is 3.28. The van der Waals surface area contributed by atoms with Crippen LogP contribution in [0.3, 0.4) is 0 Å². The molecule has 8 heteroatoms. The van der Waals surface area contributed by atoms with Gasteiger partial charge in [-0.3, -0.25) is 4.79 Å². The summed E-state index contributed by atoms with van der Waals surface area (Å²) in [6, 6.07) is 3.41. The monoisotopic (exact) mass is 424 g/mol. The Hall–Kier alpha value is -1.93. The number of hydrogen-bond donors (Lipinski definition) is 1. The molecule has 0 radical (unpaired) electrons. The quantitative estimate of drug-likeness (QED) is 0.678. The van der Waals surface area contributed by atoms with Crippen molar-refractivity contribution in [1.82, 2.24) is 10.3 Å². The largest absolute Gasteiger partial charge is 0.487 e. The number of rotatable bonds is 8. The zero-order valence-corrected chi connectivity index (χ0v) is 18.2. The van der Waals surface area contributed by atoms with Gasteiger partial charge in [-0.1, -0.05) is 11.3 Å². The molecule has 1 aromatic carbocycles. The van der Waals surface area contributed by atoms with Crippen LogP contribution < -0.4 is 14.8 Å². The van der Waals surface area contributed by atoms with Gasteiger partial charge < -0.3 is 19.5 Å². The molecule has 1 amide bonds. The first kappa shape index (κ1) is 21.8. The van der Waals surface area contributed by atoms with E-state index in [1.807, 2.05) is 20.8 Å². The third-order valence-electron chi connectivity index (χ3n) is 4.72. The first-order valence-electron chi connectivity index (χ1n) is 10.1. The highest BCUT2D eigenvalue weighted by molar-refractivity contribution is 7.20. The lowest BCUT2D eigenvalue weighted by molar-refractivity contribution is -0.120. The molecule has 1 heterocycles. The molecule has 1 aliphatic rings. The maximum absolute atomic E-state index is 14.9. The molecule has 6 nitrogen and oxygen atoms in total. The molecule has 1 aliphatic carbocycles. The fourth-order valence-electron chi connectivity index (χ4n) is 3.43. The Bertz CT molecular complexity index is 833. The van der Waals surface area contributed by atoms with E-state index in [1.165, 1.54) is 18.3 Å². The number of amides is 1. The third-order valence-corrected chi connectivity index (χ3v) is 5.68. The predicted molar refractivity (Wildman–Crippen MR) is 111 cm³/mol. The van der Waals surface area contributed by atoms with Gasteiger partial charge in [0.15, 0.2) is 11.6 Å². The van der Waals surface area contributed by atoms with E-state index < -0.39 is 0 Å². The minimum atomic E-state index is -0.374. The Balaban J connectivity index is 1.53. The van der Waals surface area contributed by atoms with Crippen molar-refractivity contribution in [1.29, 1.82) is 0 Å². The molecule has 1 N–H and O–H groups in total. The molecule has 0 saturated heterocycles. The second-order valence-electron chi connectivity index (χ2n) is 7.82. The van der Waals surface area contributed by atoms with Crippen molar-refractivity contribution in [2.75, 3.05) is 6.61 Å². The Morgan fingerprint density at radius 1 is 1.24 bits per heavy atom. The van der Waals surface area contributed by atoms with Crippen molar-refractivity contribution in [3.8, 4) is 10.9 Å². The zero-order valence-electron chi connectivity index (χ0n) is 17.4. The average molecular weight is 425 g/mol. The lowest BCUT2D eigenvalue weighted by Crippen LogP contribution is -2.36. The fourth-order valence-corrected chi connectivity index (χ4v) is 4.40. The number of halogens is 1. The van der Waals surface area contributed by atoms with E-state index in [4.69, 9.17) is 14.2 Å². The Labute approximate surface area is 174 Å². The molecule has 1 atom stereocenters. The van der Waals surface area contributed by atoms with E-state index in [1.54, 1.807) is 12.1 Å². The summed E-state index contributed by atoms with van der Waals surface area (Å²) in [5.74, 6) is -0.164. The van der Waals surface area contributed by atoms with Gasteiger partial charge in [0.1, 0.15) is 0 Å². The van der Waals surface area contributed by atoms with Crippen LogP contribution in [0.15, 0.2) is 12.1 Å². The lowest BCUT2D eigenvalue weighted by atomic mass is 9.95. The second-order valence-corrected chi connectivity index (χ2v) is 8.79. The highest BCUT2D eigenvalue weighted by Crippen LogP contribution is 2.36. The van der Waals surface area contributed by atoms with Crippen LogP contribution in [0.2, 0.25) is 0 Å². The van der Waals surface area contributed by atoms with Crippen LogP contribution in [0.4, 0.5) is 4.39 Å². The Morgan fingerprint density at radius 3 is 2.59 bits per heavy atom. The first-order chi connectivity index (χ1) is 13.8. The first-order valence-corrected chi connectivity index (χ1v) is 10.9. The normalized spacial score (nSPS) is 20.6. The summed E-state index contributed by atoms with van der Waals surface area (Å²) in [6.45, 7) is 7.74. The van der Waals surface area contributed by atoms with Crippen molar-refractivity contribution >= 4 is 27.5 Å². The van der Waals surface area contributed by atoms with Gasteiger partial charge in [0.05, 0.1) is 35.1 Å². The standard InChI is InChI=1S/C21H29FN2O4S/c1-12(2)27-21-24-17-9-10-18(19(22)20(17)29-21)28-16-7-5-15(6-8-16)26-11-13(3)23-14(4)25/h9-10,12-13,15-16H,5-8,11H2,1-4H3,(H,23,25)/t13-,15-,16-/m0/s1. The van der Waals surface area contributed by atoms with Gasteiger partial charge in [0.25, 0.3) is 5.19 Å². The van der Waals surface area contributed by atoms with E-state index in [0.29, 0.717) is 22.0 Å². The summed E-state index contributed by atoms with van der Waals surface area (Å²) < 4.78 is 32.8. The summed E-state index contributed by atoms with van der Waals surface area (Å²) in [4.78, 5) is 15.4. The second kappa shape index (κ2) is 9.71. The van der Waals surface area contributed by atoms with Crippen molar-refractivity contribution in [3.05, 3.63) is 17.9 Å². The number of hydrogen-bond acceptors (Lipinski definition) is 6. The highest BCUT2D eigenvalue weighted by Gasteiger charge is 2.25. The van der Waals surface area contributed by atoms with Crippen molar-refractivity contribution < 1.29 is 23.4 Å². The van der Waals surface area contributed by atoms with Crippen LogP contribution in [-0.4, -0.2) is 41.9 Å². The summed E-state index contributed by atoms with van der Waals surface area (Å²) in [5.41, 5.74) is 0.584. The Morgan fingerprint density at radius 2 is 1.93 bits per heavy atom. The smallest absolute Gasteiger partial charge is 0.274 e. The van der Waals surface area contributed by atoms with Crippen LogP contribution >= 0.6 is 11.3 Å². The highest BCUT2D eigenvalue weighted by atomic mass is 32.1. The number of carbonyl (C=O) groups is 1. The minimum absolute atomic E-state index is 0.00650. The average Bonchev–Trinajstić information content (AvgIpc) is 3.05. The van der Waals surface area contributed by atoms with E-state index in [0.717, 1.165) is 25.7 Å². The zero-order chi connectivity index (χ0) is 21.0. The number of aromatic nitrogens is 1. The molecule has 29 heavy (non-hydrogen) atoms. The topological polar surface area (TPSA) is 69.7 Å². The number of thiazole rings is 1. The Kier molecular flexibility index (Phi) is 7.29. The lowest BCUT2D eigenvalue weighted by Gasteiger charge is -2.30. The SMILES string of the molecule is CC(=O)N[C@@H](C)CO[C@H]1CC[C@H](Oc2ccc3nc(OC(C)C)sc3c2F)CC1. The van der Waals surface area contributed by atoms with Gasteiger partial charge in [-0.2, -0.15) is 0 Å². The molecular formula is C21H29FN2O4S. The number of nitrogens with one attached hydrogen (secondary N) is 1. The molecule has 3 rings (SSSR count). The summed E-state index contributed by atoms with van der Waals surface area (Å²) in [7, 11) is 0. The van der Waals surface area contributed by atoms with Crippen LogP contribution in [0.5, 0.6) is 10.9 Å². The number of carbonyl (C=O) groups excluding carboxylic acids is 1. The number of ether oxygens (including phenoxy) is 3. The van der Waals surface area contributed by atoms with Crippen molar-refractivity contribution in [2.24, 2.45) is 0 Å². The maximum Gasteiger partial charge on any atom is 0.274 e. The van der Waals surface area contributed by atoms with Crippen molar-refractivity contribution in [3.63, 3.8) is 0 Å². The van der Waals surface area contributed by atoms with Gasteiger partial charge in [0, 0.05) is 13.0 Å². The van der Waals surface area contributed by atoms with Gasteiger partial charge in [-0.05, 0) is 58.6 Å². The van der Waals surface area contributed by atoms with E-state index in [-0.39, 0.29) is 41.8 Å². The van der Waals surface area contributed by atoms with Gasteiger partial charge in [0.2, 0.25) is 5.91 Å². The molecule has 1 saturated carbocycles. The third kappa shape index (κ3) is 6.02. The molecule has 1 aromatic heterocycles. The van der Waals surface area contributed by atoms with Gasteiger partial charge in [-0.15, -0.1) is 0 Å². The molecule has 1 fully saturated rings. The summed E-state index contributed by atoms with van der Waals surface area (Å²) >= 11 is 1.20. The maximum atomic E-state index is 14.9. The molecule has 0 bridgehead atoms. The molecule has 160 valence electrons. The number of fused-ring (bicyclic) bond motifs is 1. The van der Waals surface area contributed by atoms with E-state index >= 15 is 0 Å². The van der Waals surface area contributed by atoms with Gasteiger partial charge >= 0.3 is 0 Å². The van der Waals surface area contributed by atoms with E-state index in [2.05, 4.69) is 10.3 Å². The molecule has 0 spiro atoms. The molecule has 2 aromatic rings. The molecule has 0 unspecified atom stereocenters. The van der Waals surface area contributed by atoms with E-state index in [9.17, 15) is 9.18 Å². The van der Waals surface area contributed by atoms with Crippen LogP contribution in [0.25, 0.3) is 10.2 Å². The van der Waals surface area contributed by atoms with Gasteiger partial charge in [-0.25, -0.2) is 9.37 Å². The van der Waals surface area contributed by atoms with Crippen LogP contribution in [-0.2, 0) is 9.53 Å². The number of nitrogens with zero attached hydrogens (tertiary/aromatic N) is 1. The predicted octanol–water partition coefficient (Wildman–Crippen LogP) is 4.45. The number of benzene rings is 1. The molecule has 0 aliphatic heterocycles. The minimum Gasteiger partial charge on any atom is -0.487 e. The molecular weight excluding hydrogens is 395 g/mol. The van der Waals surface area contributed by atoms with Crippen LogP contribution in [0, 0.1) is 5.82 Å².